The van der Waals surface area contributed by atoms with E-state index in [0.29, 0.717) is 30.5 Å². The van der Waals surface area contributed by atoms with Crippen LogP contribution in [0.15, 0.2) is 83.3 Å². The number of benzene rings is 3. The molecule has 0 unspecified atom stereocenters. The lowest BCUT2D eigenvalue weighted by Crippen LogP contribution is -2.51. The molecule has 0 spiro atoms. The van der Waals surface area contributed by atoms with Crippen molar-refractivity contribution in [3.63, 3.8) is 0 Å². The van der Waals surface area contributed by atoms with Gasteiger partial charge in [0.1, 0.15) is 6.04 Å². The predicted octanol–water partition coefficient (Wildman–Crippen LogP) is 6.06. The SMILES string of the molecule is CC(C)CNC(=O)[C@@H](Cc1ccccc1)N(Cc1cccc(Br)c1)C(=O)Cc1cccc(Cl)c1. The highest BCUT2D eigenvalue weighted by molar-refractivity contribution is 9.10. The summed E-state index contributed by atoms with van der Waals surface area (Å²) in [5.41, 5.74) is 2.77. The van der Waals surface area contributed by atoms with E-state index in [1.807, 2.05) is 66.7 Å². The second-order valence-electron chi connectivity index (χ2n) is 8.80. The van der Waals surface area contributed by atoms with Crippen LogP contribution in [0.3, 0.4) is 0 Å². The van der Waals surface area contributed by atoms with Gasteiger partial charge in [-0.3, -0.25) is 9.59 Å². The molecule has 34 heavy (non-hydrogen) atoms. The molecule has 0 bridgehead atoms. The fourth-order valence-electron chi connectivity index (χ4n) is 3.73. The summed E-state index contributed by atoms with van der Waals surface area (Å²) in [5.74, 6) is 0.0388. The second kappa shape index (κ2) is 12.7. The van der Waals surface area contributed by atoms with Crippen molar-refractivity contribution >= 4 is 39.3 Å². The predicted molar refractivity (Wildman–Crippen MR) is 142 cm³/mol. The number of amides is 2. The topological polar surface area (TPSA) is 49.4 Å². The van der Waals surface area contributed by atoms with Crippen LogP contribution in [0.4, 0.5) is 0 Å². The molecule has 0 saturated heterocycles. The highest BCUT2D eigenvalue weighted by Gasteiger charge is 2.30. The second-order valence-corrected chi connectivity index (χ2v) is 10.2. The minimum absolute atomic E-state index is 0.122. The van der Waals surface area contributed by atoms with Crippen LogP contribution >= 0.6 is 27.5 Å². The molecule has 2 amide bonds. The largest absolute Gasteiger partial charge is 0.354 e. The molecule has 3 aromatic rings. The first-order valence-corrected chi connectivity index (χ1v) is 12.6. The van der Waals surface area contributed by atoms with E-state index < -0.39 is 6.04 Å². The van der Waals surface area contributed by atoms with Crippen molar-refractivity contribution in [2.75, 3.05) is 6.54 Å². The first-order chi connectivity index (χ1) is 16.3. The Hall–Kier alpha value is -2.63. The van der Waals surface area contributed by atoms with Gasteiger partial charge in [-0.25, -0.2) is 0 Å². The molecule has 0 radical (unpaired) electrons. The van der Waals surface area contributed by atoms with Gasteiger partial charge in [-0.05, 0) is 46.9 Å². The number of hydrogen-bond acceptors (Lipinski definition) is 2. The zero-order valence-electron chi connectivity index (χ0n) is 19.5. The van der Waals surface area contributed by atoms with Crippen LogP contribution in [-0.4, -0.2) is 29.3 Å². The Kier molecular flexibility index (Phi) is 9.73. The molecule has 1 atom stereocenters. The van der Waals surface area contributed by atoms with Crippen LogP contribution < -0.4 is 5.32 Å². The van der Waals surface area contributed by atoms with Gasteiger partial charge in [0.25, 0.3) is 0 Å². The highest BCUT2D eigenvalue weighted by Crippen LogP contribution is 2.20. The van der Waals surface area contributed by atoms with E-state index in [2.05, 4.69) is 35.1 Å². The Morgan fingerprint density at radius 2 is 1.59 bits per heavy atom. The maximum Gasteiger partial charge on any atom is 0.243 e. The van der Waals surface area contributed by atoms with E-state index in [9.17, 15) is 9.59 Å². The van der Waals surface area contributed by atoms with Crippen molar-refractivity contribution < 1.29 is 9.59 Å². The Bertz CT molecular complexity index is 1100. The van der Waals surface area contributed by atoms with Crippen molar-refractivity contribution in [2.45, 2.75) is 39.3 Å². The van der Waals surface area contributed by atoms with Crippen molar-refractivity contribution in [3.8, 4) is 0 Å². The molecule has 0 fully saturated rings. The Morgan fingerprint density at radius 3 is 2.26 bits per heavy atom. The third kappa shape index (κ3) is 8.00. The van der Waals surface area contributed by atoms with Crippen LogP contribution in [0.5, 0.6) is 0 Å². The van der Waals surface area contributed by atoms with Gasteiger partial charge in [0.05, 0.1) is 6.42 Å². The van der Waals surface area contributed by atoms with E-state index in [0.717, 1.165) is 21.2 Å². The monoisotopic (exact) mass is 540 g/mol. The minimum atomic E-state index is -0.646. The van der Waals surface area contributed by atoms with Crippen LogP contribution in [0.25, 0.3) is 0 Å². The molecule has 0 aliphatic carbocycles. The van der Waals surface area contributed by atoms with E-state index >= 15 is 0 Å². The molecule has 0 aliphatic heterocycles. The number of halogens is 2. The fraction of sp³-hybridized carbons (Fsp3) is 0.286. The van der Waals surface area contributed by atoms with E-state index in [4.69, 9.17) is 11.6 Å². The molecule has 6 heteroatoms. The summed E-state index contributed by atoms with van der Waals surface area (Å²) < 4.78 is 0.927. The summed E-state index contributed by atoms with van der Waals surface area (Å²) in [6, 6.07) is 24.3. The lowest BCUT2D eigenvalue weighted by atomic mass is 10.0. The number of rotatable bonds is 10. The molecule has 3 aromatic carbocycles. The van der Waals surface area contributed by atoms with Crippen LogP contribution in [-0.2, 0) is 29.0 Å². The molecule has 1 N–H and O–H groups in total. The first-order valence-electron chi connectivity index (χ1n) is 11.4. The quantitative estimate of drug-likeness (QED) is 0.339. The minimum Gasteiger partial charge on any atom is -0.354 e. The summed E-state index contributed by atoms with van der Waals surface area (Å²) in [7, 11) is 0. The standard InChI is InChI=1S/C28H30BrClN2O2/c1-20(2)18-31-28(34)26(16-21-8-4-3-5-9-21)32(19-23-11-6-12-24(29)14-23)27(33)17-22-10-7-13-25(30)15-22/h3-15,20,26H,16-19H2,1-2H3,(H,31,34)/t26-/m1/s1. The molecule has 3 rings (SSSR count). The average molecular weight is 542 g/mol. The van der Waals surface area contributed by atoms with E-state index in [1.165, 1.54) is 0 Å². The van der Waals surface area contributed by atoms with Gasteiger partial charge in [-0.1, -0.05) is 96.0 Å². The summed E-state index contributed by atoms with van der Waals surface area (Å²) in [5, 5.41) is 3.63. The normalized spacial score (nSPS) is 11.8. The fourth-order valence-corrected chi connectivity index (χ4v) is 4.39. The lowest BCUT2D eigenvalue weighted by molar-refractivity contribution is -0.140. The Labute approximate surface area is 215 Å². The molecule has 0 aliphatic rings. The van der Waals surface area contributed by atoms with Crippen molar-refractivity contribution in [2.24, 2.45) is 5.92 Å². The zero-order valence-corrected chi connectivity index (χ0v) is 21.9. The molecule has 0 heterocycles. The van der Waals surface area contributed by atoms with Gasteiger partial charge >= 0.3 is 0 Å². The van der Waals surface area contributed by atoms with E-state index in [-0.39, 0.29) is 18.2 Å². The molecular weight excluding hydrogens is 512 g/mol. The van der Waals surface area contributed by atoms with Crippen LogP contribution in [0.1, 0.15) is 30.5 Å². The third-order valence-corrected chi connectivity index (χ3v) is 6.17. The van der Waals surface area contributed by atoms with Crippen molar-refractivity contribution in [1.29, 1.82) is 0 Å². The van der Waals surface area contributed by atoms with Gasteiger partial charge in [0.2, 0.25) is 11.8 Å². The first kappa shape index (κ1) is 26.0. The number of nitrogens with zero attached hydrogens (tertiary/aromatic N) is 1. The van der Waals surface area contributed by atoms with Gasteiger partial charge in [-0.2, -0.15) is 0 Å². The maximum absolute atomic E-state index is 13.7. The summed E-state index contributed by atoms with van der Waals surface area (Å²) in [6.07, 6.45) is 0.595. The number of hydrogen-bond donors (Lipinski definition) is 1. The molecule has 0 aromatic heterocycles. The van der Waals surface area contributed by atoms with Gasteiger partial charge in [0, 0.05) is 29.0 Å². The Morgan fingerprint density at radius 1 is 0.912 bits per heavy atom. The van der Waals surface area contributed by atoms with Crippen LogP contribution in [0, 0.1) is 5.92 Å². The number of carbonyl (C=O) groups excluding carboxylic acids is 2. The summed E-state index contributed by atoms with van der Waals surface area (Å²) >= 11 is 9.67. The molecule has 178 valence electrons. The summed E-state index contributed by atoms with van der Waals surface area (Å²) in [4.78, 5) is 28.8. The van der Waals surface area contributed by atoms with Gasteiger partial charge in [-0.15, -0.1) is 0 Å². The number of nitrogens with one attached hydrogen (secondary N) is 1. The molecule has 0 saturated carbocycles. The van der Waals surface area contributed by atoms with Gasteiger partial charge in [0.15, 0.2) is 0 Å². The highest BCUT2D eigenvalue weighted by atomic mass is 79.9. The lowest BCUT2D eigenvalue weighted by Gasteiger charge is -2.32. The summed E-state index contributed by atoms with van der Waals surface area (Å²) in [6.45, 7) is 4.98. The zero-order chi connectivity index (χ0) is 24.5. The number of carbonyl (C=O) groups is 2. The van der Waals surface area contributed by atoms with Crippen molar-refractivity contribution in [3.05, 3.63) is 105 Å². The van der Waals surface area contributed by atoms with Crippen LogP contribution in [0.2, 0.25) is 5.02 Å². The molecular formula is C28H30BrClN2O2. The maximum atomic E-state index is 13.7. The van der Waals surface area contributed by atoms with Crippen molar-refractivity contribution in [1.82, 2.24) is 10.2 Å². The average Bonchev–Trinajstić information content (AvgIpc) is 2.80. The smallest absolute Gasteiger partial charge is 0.243 e. The van der Waals surface area contributed by atoms with Gasteiger partial charge < -0.3 is 10.2 Å². The molecule has 4 nitrogen and oxygen atoms in total. The Balaban J connectivity index is 1.96. The third-order valence-electron chi connectivity index (χ3n) is 5.44. The van der Waals surface area contributed by atoms with E-state index in [1.54, 1.807) is 17.0 Å².